The zero-order chi connectivity index (χ0) is 3.41. The summed E-state index contributed by atoms with van der Waals surface area (Å²) in [5.74, 6) is 0. The summed E-state index contributed by atoms with van der Waals surface area (Å²) in [5, 5.41) is 7.38. The molecule has 4 heavy (non-hydrogen) atoms. The fourth-order valence-electron chi connectivity index (χ4n) is 0. The van der Waals surface area contributed by atoms with Gasteiger partial charge in [0, 0.05) is 12.7 Å². The van der Waals surface area contributed by atoms with Crippen LogP contribution in [0.3, 0.4) is 0 Å². The molecule has 18 valence electrons. The third-order valence-corrected chi connectivity index (χ3v) is 0.0645. The lowest BCUT2D eigenvalue weighted by atomic mass is 10.8. The molecular formula is C3HN. The van der Waals surface area contributed by atoms with E-state index in [1.165, 1.54) is 6.07 Å². The van der Waals surface area contributed by atoms with Crippen molar-refractivity contribution in [2.45, 2.75) is 0 Å². The van der Waals surface area contributed by atoms with E-state index in [-0.39, 0.29) is 0 Å². The number of rotatable bonds is 0. The van der Waals surface area contributed by atoms with Gasteiger partial charge >= 0.3 is 0 Å². The van der Waals surface area contributed by atoms with Crippen LogP contribution in [0.2, 0.25) is 0 Å². The van der Waals surface area contributed by atoms with Crippen molar-refractivity contribution in [2.75, 3.05) is 0 Å². The first-order chi connectivity index (χ1) is 1.91. The molecule has 0 rings (SSSR count). The second-order valence-electron chi connectivity index (χ2n) is 0.273. The molecule has 0 aromatic carbocycles. The third kappa shape index (κ3) is 1.23. The van der Waals surface area contributed by atoms with E-state index < -0.39 is 0 Å². The van der Waals surface area contributed by atoms with Crippen LogP contribution in [0.15, 0.2) is 6.08 Å². The molecule has 0 amide bonds. The van der Waals surface area contributed by atoms with Crippen molar-refractivity contribution in [3.8, 4) is 6.07 Å². The number of hydrogen-bond acceptors (Lipinski definition) is 1. The van der Waals surface area contributed by atoms with E-state index in [0.717, 1.165) is 0 Å². The highest BCUT2D eigenvalue weighted by molar-refractivity contribution is 4.91. The molecule has 2 radical (unpaired) electrons. The summed E-state index contributed by atoms with van der Waals surface area (Å²) in [5.41, 5.74) is 0. The van der Waals surface area contributed by atoms with E-state index in [1.54, 1.807) is 0 Å². The van der Waals surface area contributed by atoms with Gasteiger partial charge in [-0.1, -0.05) is 0 Å². The Morgan fingerprint density at radius 2 is 2.25 bits per heavy atom. The minimum atomic E-state index is 0.681. The molecule has 0 atom stereocenters. The van der Waals surface area contributed by atoms with Gasteiger partial charge in [-0.05, 0) is 0 Å². The van der Waals surface area contributed by atoms with E-state index >= 15 is 0 Å². The Bertz CT molecular complexity index is 48.8. The van der Waals surface area contributed by atoms with Crippen molar-refractivity contribution >= 4 is 0 Å². The smallest absolute Gasteiger partial charge is 0.0918 e. The summed E-state index contributed by atoms with van der Waals surface area (Å²) in [7, 11) is 0. The van der Waals surface area contributed by atoms with Crippen LogP contribution in [0.25, 0.3) is 0 Å². The Kier molecular flexibility index (Phi) is 1.80. The maximum absolute atomic E-state index is 7.38. The van der Waals surface area contributed by atoms with Crippen molar-refractivity contribution < 1.29 is 0 Å². The van der Waals surface area contributed by atoms with Gasteiger partial charge in [0.15, 0.2) is 0 Å². The summed E-state index contributed by atoms with van der Waals surface area (Å²) >= 11 is 0. The van der Waals surface area contributed by atoms with E-state index in [0.29, 0.717) is 6.08 Å². The Hall–Kier alpha value is -0.770. The van der Waals surface area contributed by atoms with Gasteiger partial charge in [0.1, 0.15) is 0 Å². The van der Waals surface area contributed by atoms with E-state index in [2.05, 4.69) is 0 Å². The van der Waals surface area contributed by atoms with Crippen molar-refractivity contribution in [1.29, 1.82) is 5.26 Å². The number of nitriles is 1. The SMILES string of the molecule is [C]=CC#N. The van der Waals surface area contributed by atoms with Crippen LogP contribution in [-0.4, -0.2) is 0 Å². The zero-order valence-corrected chi connectivity index (χ0v) is 2.02. The molecule has 0 aliphatic carbocycles. The number of nitrogens with zero attached hydrogens (tertiary/aromatic N) is 1. The van der Waals surface area contributed by atoms with Gasteiger partial charge in [-0.15, -0.1) is 0 Å². The predicted octanol–water partition coefficient (Wildman–Crippen LogP) is 0.376. The largest absolute Gasteiger partial charge is 0.193 e. The molecule has 0 spiro atoms. The van der Waals surface area contributed by atoms with E-state index in [1.807, 2.05) is 0 Å². The molecule has 0 heterocycles. The molecule has 0 N–H and O–H groups in total. The quantitative estimate of drug-likeness (QED) is 0.365. The third-order valence-electron chi connectivity index (χ3n) is 0.0645. The van der Waals surface area contributed by atoms with Gasteiger partial charge < -0.3 is 0 Å². The van der Waals surface area contributed by atoms with Crippen LogP contribution in [0.4, 0.5) is 0 Å². The van der Waals surface area contributed by atoms with Crippen LogP contribution >= 0.6 is 0 Å². The summed E-state index contributed by atoms with van der Waals surface area (Å²) in [4.78, 5) is 0. The molecule has 0 aliphatic heterocycles. The Morgan fingerprint density at radius 1 is 2.00 bits per heavy atom. The Morgan fingerprint density at radius 3 is 2.25 bits per heavy atom. The van der Waals surface area contributed by atoms with Gasteiger partial charge in [0.2, 0.25) is 0 Å². The highest BCUT2D eigenvalue weighted by atomic mass is 14.2. The summed E-state index contributed by atoms with van der Waals surface area (Å²) < 4.78 is 0. The number of hydrogen-bond donors (Lipinski definition) is 0. The zero-order valence-electron chi connectivity index (χ0n) is 2.02. The van der Waals surface area contributed by atoms with Crippen molar-refractivity contribution in [1.82, 2.24) is 0 Å². The molecule has 0 unspecified atom stereocenters. The van der Waals surface area contributed by atoms with E-state index in [4.69, 9.17) is 11.8 Å². The fourth-order valence-corrected chi connectivity index (χ4v) is 0. The van der Waals surface area contributed by atoms with Gasteiger partial charge in [0.25, 0.3) is 0 Å². The Balaban J connectivity index is 2.92. The molecule has 1 nitrogen and oxygen atoms in total. The highest BCUT2D eigenvalue weighted by Gasteiger charge is 1.35. The maximum Gasteiger partial charge on any atom is 0.0918 e. The predicted molar refractivity (Wildman–Crippen MR) is 13.4 cm³/mol. The first-order valence-corrected chi connectivity index (χ1v) is 0.801. The van der Waals surface area contributed by atoms with Crippen molar-refractivity contribution in [2.24, 2.45) is 0 Å². The topological polar surface area (TPSA) is 23.8 Å². The molecule has 0 bridgehead atoms. The molecule has 0 aromatic rings. The second-order valence-corrected chi connectivity index (χ2v) is 0.273. The molecule has 1 heteroatoms. The summed E-state index contributed by atoms with van der Waals surface area (Å²) in [6.45, 7) is 5.97. The standard InChI is InChI=1S/C3HN/c1-2-3-4/h2H. The molecule has 0 aromatic heterocycles. The van der Waals surface area contributed by atoms with Gasteiger partial charge in [-0.3, -0.25) is 0 Å². The van der Waals surface area contributed by atoms with E-state index in [9.17, 15) is 0 Å². The van der Waals surface area contributed by atoms with Gasteiger partial charge in [-0.25, -0.2) is 0 Å². The average Bonchev–Trinajstić information content (AvgIpc) is 1.37. The van der Waals surface area contributed by atoms with Gasteiger partial charge in [0.05, 0.1) is 6.07 Å². The second kappa shape index (κ2) is 2.23. The van der Waals surface area contributed by atoms with Crippen LogP contribution in [0, 0.1) is 17.9 Å². The first-order valence-electron chi connectivity index (χ1n) is 0.801. The van der Waals surface area contributed by atoms with Crippen LogP contribution < -0.4 is 0 Å². The summed E-state index contributed by atoms with van der Waals surface area (Å²) in [6, 6.07) is 1.47. The molecular weight excluding hydrogens is 50.0 g/mol. The Labute approximate surface area is 25.2 Å². The van der Waals surface area contributed by atoms with Crippen LogP contribution in [0.5, 0.6) is 0 Å². The summed E-state index contributed by atoms with van der Waals surface area (Å²) in [6.07, 6.45) is 0.681. The first kappa shape index (κ1) is 3.23. The fraction of sp³-hybridized carbons (Fsp3) is 0. The molecule has 0 saturated carbocycles. The highest BCUT2D eigenvalue weighted by Crippen LogP contribution is 1.40. The van der Waals surface area contributed by atoms with Crippen molar-refractivity contribution in [3.63, 3.8) is 0 Å². The van der Waals surface area contributed by atoms with Crippen LogP contribution in [0.1, 0.15) is 0 Å². The van der Waals surface area contributed by atoms with Gasteiger partial charge in [-0.2, -0.15) is 5.26 Å². The monoisotopic (exact) mass is 51.0 g/mol. The molecule has 0 aliphatic rings. The minimum absolute atomic E-state index is 0.681. The van der Waals surface area contributed by atoms with Crippen LogP contribution in [-0.2, 0) is 0 Å². The maximum atomic E-state index is 7.38. The lowest BCUT2D eigenvalue weighted by Gasteiger charge is -1.29. The molecule has 0 fully saturated rings. The molecule has 0 saturated heterocycles. The lowest BCUT2D eigenvalue weighted by molar-refractivity contribution is 1.54. The lowest BCUT2D eigenvalue weighted by Crippen LogP contribution is -1.24. The minimum Gasteiger partial charge on any atom is -0.193 e. The number of allylic oxidation sites excluding steroid dienone is 1. The normalized spacial score (nSPS) is 3.75. The van der Waals surface area contributed by atoms with Crippen molar-refractivity contribution in [3.05, 3.63) is 12.7 Å². The average molecular weight is 51.0 g/mol.